The number of nitrogens with one attached hydrogen (secondary N) is 1. The van der Waals surface area contributed by atoms with E-state index in [4.69, 9.17) is 17.0 Å². The molecule has 0 aromatic heterocycles. The molecule has 0 amide bonds. The van der Waals surface area contributed by atoms with E-state index in [0.717, 1.165) is 37.2 Å². The SMILES string of the molecule is CCCCCC/C=C\C[C@H]1CCC2C(C(=O)OC)[C@H](CCCCC)NC(=S)N21. The van der Waals surface area contributed by atoms with Crippen LogP contribution in [0, 0.1) is 5.92 Å². The van der Waals surface area contributed by atoms with Gasteiger partial charge in [0, 0.05) is 18.1 Å². The summed E-state index contributed by atoms with van der Waals surface area (Å²) in [6, 6.07) is 0.706. The Morgan fingerprint density at radius 1 is 1.14 bits per heavy atom. The monoisotopic (exact) mass is 408 g/mol. The molecule has 5 heteroatoms. The molecular weight excluding hydrogens is 368 g/mol. The number of carbonyl (C=O) groups is 1. The maximum absolute atomic E-state index is 12.6. The number of carbonyl (C=O) groups excluding carboxylic acids is 1. The zero-order valence-electron chi connectivity index (χ0n) is 18.1. The largest absolute Gasteiger partial charge is 0.469 e. The van der Waals surface area contributed by atoms with Crippen molar-refractivity contribution in [2.45, 2.75) is 109 Å². The molecule has 2 aliphatic heterocycles. The molecule has 2 heterocycles. The van der Waals surface area contributed by atoms with Gasteiger partial charge in [0.1, 0.15) is 0 Å². The molecule has 4 atom stereocenters. The molecule has 2 fully saturated rings. The van der Waals surface area contributed by atoms with Crippen LogP contribution in [0.2, 0.25) is 0 Å². The Morgan fingerprint density at radius 2 is 1.89 bits per heavy atom. The standard InChI is InChI=1S/C23H40N2O2S/c1-4-6-8-9-10-11-13-14-18-16-17-20-21(22(26)27-3)19(15-12-7-5-2)24-23(28)25(18)20/h11,13,18-21H,4-10,12,14-17H2,1-3H3,(H,24,28)/b13-11-/t18-,19-,20?,21?/m0/s1. The lowest BCUT2D eigenvalue weighted by Gasteiger charge is -2.45. The predicted octanol–water partition coefficient (Wildman–Crippen LogP) is 5.36. The number of nitrogens with zero attached hydrogens (tertiary/aromatic N) is 1. The van der Waals surface area contributed by atoms with Crippen LogP contribution in [0.1, 0.15) is 90.9 Å². The quantitative estimate of drug-likeness (QED) is 0.204. The fraction of sp³-hybridized carbons (Fsp3) is 0.826. The van der Waals surface area contributed by atoms with Crippen LogP contribution in [0.25, 0.3) is 0 Å². The van der Waals surface area contributed by atoms with Crippen LogP contribution in [0.3, 0.4) is 0 Å². The van der Waals surface area contributed by atoms with Crippen LogP contribution >= 0.6 is 12.2 Å². The molecular formula is C23H40N2O2S. The van der Waals surface area contributed by atoms with Crippen molar-refractivity contribution in [2.24, 2.45) is 5.92 Å². The number of allylic oxidation sites excluding steroid dienone is 1. The number of thiocarbonyl (C=S) groups is 1. The van der Waals surface area contributed by atoms with Gasteiger partial charge in [-0.1, -0.05) is 64.5 Å². The molecule has 0 aromatic rings. The highest BCUT2D eigenvalue weighted by molar-refractivity contribution is 7.80. The van der Waals surface area contributed by atoms with Crippen molar-refractivity contribution >= 4 is 23.3 Å². The maximum Gasteiger partial charge on any atom is 0.312 e. The van der Waals surface area contributed by atoms with Gasteiger partial charge in [-0.2, -0.15) is 0 Å². The Morgan fingerprint density at radius 3 is 2.61 bits per heavy atom. The van der Waals surface area contributed by atoms with E-state index in [2.05, 4.69) is 36.2 Å². The number of unbranched alkanes of at least 4 members (excludes halogenated alkanes) is 6. The summed E-state index contributed by atoms with van der Waals surface area (Å²) in [7, 11) is 1.51. The van der Waals surface area contributed by atoms with E-state index in [0.29, 0.717) is 6.04 Å². The van der Waals surface area contributed by atoms with Crippen molar-refractivity contribution in [3.8, 4) is 0 Å². The summed E-state index contributed by atoms with van der Waals surface area (Å²) in [5, 5.41) is 4.34. The molecule has 2 unspecified atom stereocenters. The van der Waals surface area contributed by atoms with Crippen molar-refractivity contribution < 1.29 is 9.53 Å². The number of methoxy groups -OCH3 is 1. The van der Waals surface area contributed by atoms with E-state index < -0.39 is 0 Å². The molecule has 2 saturated heterocycles. The van der Waals surface area contributed by atoms with Crippen LogP contribution in [-0.4, -0.2) is 41.2 Å². The number of hydrogen-bond acceptors (Lipinski definition) is 3. The van der Waals surface area contributed by atoms with Crippen molar-refractivity contribution in [3.05, 3.63) is 12.2 Å². The summed E-state index contributed by atoms with van der Waals surface area (Å²) in [5.41, 5.74) is 0. The lowest BCUT2D eigenvalue weighted by Crippen LogP contribution is -2.63. The number of ether oxygens (including phenoxy) is 1. The van der Waals surface area contributed by atoms with Gasteiger partial charge in [0.25, 0.3) is 0 Å². The Balaban J connectivity index is 1.95. The fourth-order valence-electron chi connectivity index (χ4n) is 4.79. The minimum absolute atomic E-state index is 0.0846. The fourth-order valence-corrected chi connectivity index (χ4v) is 5.22. The normalized spacial score (nSPS) is 27.1. The maximum atomic E-state index is 12.6. The number of rotatable bonds is 12. The van der Waals surface area contributed by atoms with Gasteiger partial charge < -0.3 is 15.0 Å². The third-order valence-electron chi connectivity index (χ3n) is 6.33. The van der Waals surface area contributed by atoms with Crippen LogP contribution in [0.15, 0.2) is 12.2 Å². The van der Waals surface area contributed by atoms with Gasteiger partial charge in [0.2, 0.25) is 0 Å². The zero-order valence-corrected chi connectivity index (χ0v) is 18.9. The molecule has 0 bridgehead atoms. The summed E-state index contributed by atoms with van der Waals surface area (Å²) in [6.45, 7) is 4.45. The Kier molecular flexibility index (Phi) is 10.3. The van der Waals surface area contributed by atoms with Crippen LogP contribution in [0.5, 0.6) is 0 Å². The first-order valence-corrected chi connectivity index (χ1v) is 11.9. The molecule has 0 spiro atoms. The average Bonchev–Trinajstić information content (AvgIpc) is 3.11. The van der Waals surface area contributed by atoms with E-state index in [1.54, 1.807) is 0 Å². The van der Waals surface area contributed by atoms with E-state index in [9.17, 15) is 4.79 Å². The molecule has 0 radical (unpaired) electrons. The first-order valence-electron chi connectivity index (χ1n) is 11.5. The van der Waals surface area contributed by atoms with Crippen molar-refractivity contribution in [3.63, 3.8) is 0 Å². The van der Waals surface area contributed by atoms with Gasteiger partial charge >= 0.3 is 5.97 Å². The van der Waals surface area contributed by atoms with Gasteiger partial charge in [0.15, 0.2) is 5.11 Å². The minimum atomic E-state index is -0.114. The second-order valence-electron chi connectivity index (χ2n) is 8.36. The van der Waals surface area contributed by atoms with Gasteiger partial charge in [0.05, 0.1) is 13.0 Å². The average molecular weight is 409 g/mol. The molecule has 2 rings (SSSR count). The topological polar surface area (TPSA) is 41.6 Å². The van der Waals surface area contributed by atoms with Crippen molar-refractivity contribution in [1.82, 2.24) is 10.2 Å². The molecule has 160 valence electrons. The molecule has 28 heavy (non-hydrogen) atoms. The van der Waals surface area contributed by atoms with E-state index in [-0.39, 0.29) is 24.0 Å². The predicted molar refractivity (Wildman–Crippen MR) is 120 cm³/mol. The summed E-state index contributed by atoms with van der Waals surface area (Å²) < 4.78 is 5.19. The van der Waals surface area contributed by atoms with Crippen LogP contribution in [0.4, 0.5) is 0 Å². The van der Waals surface area contributed by atoms with Crippen LogP contribution in [-0.2, 0) is 9.53 Å². The number of esters is 1. The Hall–Kier alpha value is -1.10. The van der Waals surface area contributed by atoms with Gasteiger partial charge in [-0.25, -0.2) is 0 Å². The Bertz CT molecular complexity index is 523. The minimum Gasteiger partial charge on any atom is -0.469 e. The molecule has 4 nitrogen and oxygen atoms in total. The second-order valence-corrected chi connectivity index (χ2v) is 8.75. The molecule has 0 aliphatic carbocycles. The first kappa shape index (κ1) is 23.2. The number of fused-ring (bicyclic) bond motifs is 1. The lowest BCUT2D eigenvalue weighted by atomic mass is 9.85. The van der Waals surface area contributed by atoms with Gasteiger partial charge in [-0.3, -0.25) is 4.79 Å². The lowest BCUT2D eigenvalue weighted by molar-refractivity contribution is -0.149. The highest BCUT2D eigenvalue weighted by Gasteiger charge is 2.49. The molecule has 0 saturated carbocycles. The smallest absolute Gasteiger partial charge is 0.312 e. The Labute approximate surface area is 177 Å². The summed E-state index contributed by atoms with van der Waals surface area (Å²) in [6.07, 6.45) is 18.7. The number of hydrogen-bond donors (Lipinski definition) is 1. The van der Waals surface area contributed by atoms with Crippen molar-refractivity contribution in [1.29, 1.82) is 0 Å². The third kappa shape index (κ3) is 6.20. The molecule has 1 N–H and O–H groups in total. The molecule has 0 aromatic carbocycles. The summed E-state index contributed by atoms with van der Waals surface area (Å²) >= 11 is 5.74. The van der Waals surface area contributed by atoms with Crippen molar-refractivity contribution in [2.75, 3.05) is 7.11 Å². The highest BCUT2D eigenvalue weighted by Crippen LogP contribution is 2.37. The van der Waals surface area contributed by atoms with Gasteiger partial charge in [-0.15, -0.1) is 0 Å². The summed E-state index contributed by atoms with van der Waals surface area (Å²) in [4.78, 5) is 14.9. The highest BCUT2D eigenvalue weighted by atomic mass is 32.1. The second kappa shape index (κ2) is 12.5. The van der Waals surface area contributed by atoms with E-state index >= 15 is 0 Å². The van der Waals surface area contributed by atoms with E-state index in [1.807, 2.05) is 0 Å². The summed E-state index contributed by atoms with van der Waals surface area (Å²) in [5.74, 6) is -0.199. The van der Waals surface area contributed by atoms with E-state index in [1.165, 1.54) is 52.1 Å². The molecule has 2 aliphatic rings. The first-order chi connectivity index (χ1) is 13.6. The van der Waals surface area contributed by atoms with Gasteiger partial charge in [-0.05, 0) is 50.7 Å². The third-order valence-corrected chi connectivity index (χ3v) is 6.66. The zero-order chi connectivity index (χ0) is 20.4. The van der Waals surface area contributed by atoms with Crippen LogP contribution < -0.4 is 5.32 Å².